The second-order valence-electron chi connectivity index (χ2n) is 5.36. The molecule has 10 nitrogen and oxygen atoms in total. The van der Waals surface area contributed by atoms with Crippen LogP contribution in [0.15, 0.2) is 24.8 Å². The Morgan fingerprint density at radius 1 is 1.57 bits per heavy atom. The van der Waals surface area contributed by atoms with Gasteiger partial charge in [0.25, 0.3) is 0 Å². The van der Waals surface area contributed by atoms with Crippen molar-refractivity contribution in [1.29, 1.82) is 0 Å². The summed E-state index contributed by atoms with van der Waals surface area (Å²) in [6.07, 6.45) is 5.93. The molecule has 3 rings (SSSR count). The van der Waals surface area contributed by atoms with Gasteiger partial charge in [-0.15, -0.1) is 0 Å². The molecule has 1 saturated heterocycles. The number of nitrogens with one attached hydrogen (secondary N) is 1. The number of imidazole rings is 1. The first-order chi connectivity index (χ1) is 11.1. The largest absolute Gasteiger partial charge is 0.336 e. The molecule has 1 aliphatic rings. The summed E-state index contributed by atoms with van der Waals surface area (Å²) in [6, 6.07) is -0.165. The van der Waals surface area contributed by atoms with Crippen molar-refractivity contribution in [1.82, 2.24) is 29.5 Å². The average Bonchev–Trinajstić information content (AvgIpc) is 3.16. The molecule has 3 heterocycles. The van der Waals surface area contributed by atoms with Crippen molar-refractivity contribution in [2.75, 3.05) is 19.6 Å². The van der Waals surface area contributed by atoms with E-state index in [1.807, 2.05) is 17.8 Å². The quantitative estimate of drug-likeness (QED) is 0.611. The molecule has 1 unspecified atom stereocenters. The summed E-state index contributed by atoms with van der Waals surface area (Å²) >= 11 is 0. The van der Waals surface area contributed by atoms with Gasteiger partial charge in [0.05, 0.1) is 4.92 Å². The van der Waals surface area contributed by atoms with Gasteiger partial charge in [-0.05, 0) is 0 Å². The van der Waals surface area contributed by atoms with Crippen molar-refractivity contribution < 1.29 is 9.72 Å². The molecule has 1 aliphatic heterocycles. The number of nitro groups is 1. The van der Waals surface area contributed by atoms with Crippen LogP contribution >= 0.6 is 0 Å². The Labute approximate surface area is 131 Å². The minimum absolute atomic E-state index is 0.0330. The molecule has 0 spiro atoms. The summed E-state index contributed by atoms with van der Waals surface area (Å²) in [6.45, 7) is 1.84. The highest BCUT2D eigenvalue weighted by molar-refractivity contribution is 5.76. The monoisotopic (exact) mass is 319 g/mol. The van der Waals surface area contributed by atoms with Gasteiger partial charge in [-0.25, -0.2) is 4.98 Å². The molecule has 122 valence electrons. The van der Waals surface area contributed by atoms with Crippen LogP contribution in [0, 0.1) is 10.1 Å². The molecule has 2 aromatic heterocycles. The van der Waals surface area contributed by atoms with Gasteiger partial charge >= 0.3 is 5.69 Å². The second kappa shape index (κ2) is 6.16. The van der Waals surface area contributed by atoms with E-state index in [1.54, 1.807) is 11.1 Å². The van der Waals surface area contributed by atoms with Crippen molar-refractivity contribution in [3.05, 3.63) is 40.7 Å². The van der Waals surface area contributed by atoms with Crippen LogP contribution in [0.3, 0.4) is 0 Å². The van der Waals surface area contributed by atoms with E-state index in [2.05, 4.69) is 15.4 Å². The van der Waals surface area contributed by atoms with Gasteiger partial charge in [0.2, 0.25) is 5.91 Å². The minimum atomic E-state index is -0.532. The SMILES string of the molecule is Cn1ccnc1C1CNCCN1C(=O)Cn1cc([N+](=O)[O-])cn1. The molecular formula is C13H17N7O3. The fourth-order valence-corrected chi connectivity index (χ4v) is 2.69. The van der Waals surface area contributed by atoms with Crippen LogP contribution in [0.25, 0.3) is 0 Å². The van der Waals surface area contributed by atoms with E-state index in [0.29, 0.717) is 19.6 Å². The number of aromatic nitrogens is 4. The van der Waals surface area contributed by atoms with Crippen molar-refractivity contribution >= 4 is 11.6 Å². The van der Waals surface area contributed by atoms with E-state index in [-0.39, 0.29) is 24.2 Å². The highest BCUT2D eigenvalue weighted by Gasteiger charge is 2.30. The molecule has 1 N–H and O–H groups in total. The van der Waals surface area contributed by atoms with Gasteiger partial charge in [0.15, 0.2) is 0 Å². The van der Waals surface area contributed by atoms with Gasteiger partial charge in [-0.3, -0.25) is 19.6 Å². The zero-order chi connectivity index (χ0) is 16.4. The average molecular weight is 319 g/mol. The third-order valence-corrected chi connectivity index (χ3v) is 3.85. The van der Waals surface area contributed by atoms with E-state index in [0.717, 1.165) is 12.0 Å². The molecule has 0 aromatic carbocycles. The first kappa shape index (κ1) is 15.2. The van der Waals surface area contributed by atoms with Crippen molar-refractivity contribution in [3.8, 4) is 0 Å². The van der Waals surface area contributed by atoms with E-state index in [1.165, 1.54) is 10.9 Å². The predicted octanol–water partition coefficient (Wildman–Crippen LogP) is -0.302. The Morgan fingerprint density at radius 2 is 2.39 bits per heavy atom. The first-order valence-corrected chi connectivity index (χ1v) is 7.20. The molecule has 1 atom stereocenters. The van der Waals surface area contributed by atoms with E-state index in [9.17, 15) is 14.9 Å². The summed E-state index contributed by atoms with van der Waals surface area (Å²) in [5, 5.41) is 17.8. The van der Waals surface area contributed by atoms with Crippen molar-refractivity contribution in [2.45, 2.75) is 12.6 Å². The zero-order valence-corrected chi connectivity index (χ0v) is 12.6. The lowest BCUT2D eigenvalue weighted by atomic mass is 10.1. The van der Waals surface area contributed by atoms with Crippen LogP contribution < -0.4 is 5.32 Å². The number of rotatable bonds is 4. The smallest absolute Gasteiger partial charge is 0.307 e. The Morgan fingerprint density at radius 3 is 3.04 bits per heavy atom. The lowest BCUT2D eigenvalue weighted by Crippen LogP contribution is -2.50. The summed E-state index contributed by atoms with van der Waals surface area (Å²) in [5.74, 6) is 0.662. The number of nitrogens with zero attached hydrogens (tertiary/aromatic N) is 6. The van der Waals surface area contributed by atoms with Gasteiger partial charge < -0.3 is 14.8 Å². The van der Waals surface area contributed by atoms with E-state index in [4.69, 9.17) is 0 Å². The molecule has 0 saturated carbocycles. The number of carbonyl (C=O) groups excluding carboxylic acids is 1. The number of hydrogen-bond donors (Lipinski definition) is 1. The van der Waals surface area contributed by atoms with Gasteiger partial charge in [-0.1, -0.05) is 0 Å². The van der Waals surface area contributed by atoms with Gasteiger partial charge in [0.1, 0.15) is 30.8 Å². The first-order valence-electron chi connectivity index (χ1n) is 7.20. The molecular weight excluding hydrogens is 302 g/mol. The highest BCUT2D eigenvalue weighted by Crippen LogP contribution is 2.21. The Hall–Kier alpha value is -2.75. The maximum absolute atomic E-state index is 12.6. The number of piperazine rings is 1. The molecule has 0 bridgehead atoms. The van der Waals surface area contributed by atoms with Crippen LogP contribution in [0.4, 0.5) is 5.69 Å². The van der Waals surface area contributed by atoms with Gasteiger partial charge in [0, 0.05) is 39.1 Å². The highest BCUT2D eigenvalue weighted by atomic mass is 16.6. The predicted molar refractivity (Wildman–Crippen MR) is 79.4 cm³/mol. The second-order valence-corrected chi connectivity index (χ2v) is 5.36. The van der Waals surface area contributed by atoms with Crippen molar-refractivity contribution in [2.24, 2.45) is 7.05 Å². The summed E-state index contributed by atoms with van der Waals surface area (Å²) in [7, 11) is 1.89. The number of amides is 1. The summed E-state index contributed by atoms with van der Waals surface area (Å²) < 4.78 is 3.18. The lowest BCUT2D eigenvalue weighted by Gasteiger charge is -2.35. The molecule has 10 heteroatoms. The standard InChI is InChI=1S/C13H17N7O3/c1-17-4-3-15-13(17)11-7-14-2-5-19(11)12(21)9-18-8-10(6-16-18)20(22)23/h3-4,6,8,11,14H,2,5,7,9H2,1H3. The van der Waals surface area contributed by atoms with Crippen molar-refractivity contribution in [3.63, 3.8) is 0 Å². The van der Waals surface area contributed by atoms with Crippen LogP contribution in [0.5, 0.6) is 0 Å². The zero-order valence-electron chi connectivity index (χ0n) is 12.6. The van der Waals surface area contributed by atoms with Gasteiger partial charge in [-0.2, -0.15) is 5.10 Å². The molecule has 2 aromatic rings. The van der Waals surface area contributed by atoms with E-state index < -0.39 is 4.92 Å². The van der Waals surface area contributed by atoms with Crippen LogP contribution in [-0.2, 0) is 18.4 Å². The Kier molecular flexibility index (Phi) is 4.06. The molecule has 23 heavy (non-hydrogen) atoms. The third-order valence-electron chi connectivity index (χ3n) is 3.85. The Balaban J connectivity index is 1.76. The number of carbonyl (C=O) groups is 1. The minimum Gasteiger partial charge on any atom is -0.336 e. The molecule has 1 fully saturated rings. The number of aryl methyl sites for hydroxylation is 1. The Bertz CT molecular complexity index is 723. The van der Waals surface area contributed by atoms with E-state index >= 15 is 0 Å². The van der Waals surface area contributed by atoms with Crippen LogP contribution in [0.1, 0.15) is 11.9 Å². The third kappa shape index (κ3) is 3.06. The lowest BCUT2D eigenvalue weighted by molar-refractivity contribution is -0.385. The van der Waals surface area contributed by atoms with Crippen LogP contribution in [0.2, 0.25) is 0 Å². The number of hydrogen-bond acceptors (Lipinski definition) is 6. The maximum Gasteiger partial charge on any atom is 0.307 e. The molecule has 1 amide bonds. The fraction of sp³-hybridized carbons (Fsp3) is 0.462. The summed E-state index contributed by atoms with van der Waals surface area (Å²) in [5.41, 5.74) is -0.126. The molecule has 0 radical (unpaired) electrons. The van der Waals surface area contributed by atoms with Crippen LogP contribution in [-0.4, -0.2) is 54.7 Å². The fourth-order valence-electron chi connectivity index (χ4n) is 2.69. The normalized spacial score (nSPS) is 18.1. The maximum atomic E-state index is 12.6. The molecule has 0 aliphatic carbocycles. The summed E-state index contributed by atoms with van der Waals surface area (Å²) in [4.78, 5) is 28.8. The topological polar surface area (TPSA) is 111 Å².